The second-order valence-corrected chi connectivity index (χ2v) is 17.2. The number of nitrogens with zero attached hydrogens (tertiary/aromatic N) is 2. The monoisotopic (exact) mass is 806 g/mol. The third kappa shape index (κ3) is 8.65. The van der Waals surface area contributed by atoms with Gasteiger partial charge in [-0.3, -0.25) is 0 Å². The van der Waals surface area contributed by atoms with Crippen LogP contribution in [0.5, 0.6) is 0 Å². The fourth-order valence-electron chi connectivity index (χ4n) is 8.22. The van der Waals surface area contributed by atoms with Crippen LogP contribution in [0, 0.1) is 55.4 Å². The number of anilines is 6. The highest BCUT2D eigenvalue weighted by atomic mass is 15.1. The first kappa shape index (κ1) is 41.8. The van der Waals surface area contributed by atoms with E-state index in [-0.39, 0.29) is 0 Å². The van der Waals surface area contributed by atoms with Gasteiger partial charge in [0.05, 0.1) is 0 Å². The summed E-state index contributed by atoms with van der Waals surface area (Å²) in [5, 5.41) is 0. The largest absolute Gasteiger partial charge is 0.310 e. The third-order valence-electron chi connectivity index (χ3n) is 13.1. The van der Waals surface area contributed by atoms with Crippen molar-refractivity contribution in [2.24, 2.45) is 0 Å². The molecule has 2 nitrogen and oxygen atoms in total. The quantitative estimate of drug-likeness (QED) is 0.127. The van der Waals surface area contributed by atoms with Crippen LogP contribution in [0.15, 0.2) is 170 Å². The molecule has 0 amide bonds. The molecule has 0 aliphatic carbocycles. The zero-order valence-electron chi connectivity index (χ0n) is 38.1. The van der Waals surface area contributed by atoms with E-state index >= 15 is 0 Å². The van der Waals surface area contributed by atoms with Gasteiger partial charge < -0.3 is 9.80 Å². The van der Waals surface area contributed by atoms with E-state index in [1.165, 1.54) is 112 Å². The van der Waals surface area contributed by atoms with Gasteiger partial charge in [0, 0.05) is 34.1 Å². The molecule has 0 unspecified atom stereocenters. The minimum absolute atomic E-state index is 1.14. The van der Waals surface area contributed by atoms with Crippen molar-refractivity contribution in [1.29, 1.82) is 0 Å². The highest BCUT2D eigenvalue weighted by molar-refractivity contribution is 5.90. The highest BCUT2D eigenvalue weighted by Crippen LogP contribution is 2.39. The Labute approximate surface area is 370 Å². The maximum Gasteiger partial charge on any atom is 0.0464 e. The molecule has 8 aromatic rings. The molecular formula is C60H58N2. The summed E-state index contributed by atoms with van der Waals surface area (Å²) in [4.78, 5) is 4.72. The van der Waals surface area contributed by atoms with E-state index in [1.54, 1.807) is 0 Å². The lowest BCUT2D eigenvalue weighted by molar-refractivity contribution is 1.23. The molecular weight excluding hydrogens is 749 g/mol. The first-order chi connectivity index (χ1) is 29.8. The fraction of sp³-hybridized carbons (Fsp3) is 0.167. The molecule has 308 valence electrons. The molecule has 0 fully saturated rings. The van der Waals surface area contributed by atoms with Crippen LogP contribution >= 0.6 is 0 Å². The van der Waals surface area contributed by atoms with Crippen molar-refractivity contribution in [3.05, 3.63) is 225 Å². The van der Waals surface area contributed by atoms with Gasteiger partial charge in [-0.15, -0.1) is 0 Å². The SMILES string of the molecule is C/C(=C(/C)c1ccc(-c2ccc(N(c3ccc(C)c(C)c3)c3ccc(C)c(C)c3)cc2)cc1)c1ccc(-c2ccc(N(c3ccc(C)c(C)c3)c3ccc(C)c(C)c3)cc2)cc1. The molecule has 0 bridgehead atoms. The van der Waals surface area contributed by atoms with Gasteiger partial charge in [-0.2, -0.15) is 0 Å². The highest BCUT2D eigenvalue weighted by Gasteiger charge is 2.17. The molecule has 0 saturated heterocycles. The number of allylic oxidation sites excluding steroid dienone is 2. The number of rotatable bonds is 10. The molecule has 0 N–H and O–H groups in total. The molecule has 0 aliphatic heterocycles. The Balaban J connectivity index is 0.998. The van der Waals surface area contributed by atoms with Crippen LogP contribution in [0.25, 0.3) is 33.4 Å². The van der Waals surface area contributed by atoms with Gasteiger partial charge in [0.15, 0.2) is 0 Å². The molecule has 8 rings (SSSR count). The molecule has 0 aromatic heterocycles. The topological polar surface area (TPSA) is 6.48 Å². The van der Waals surface area contributed by atoms with E-state index in [1.807, 2.05) is 0 Å². The molecule has 0 atom stereocenters. The molecule has 0 saturated carbocycles. The van der Waals surface area contributed by atoms with E-state index in [0.717, 1.165) is 11.4 Å². The maximum absolute atomic E-state index is 2.36. The summed E-state index contributed by atoms with van der Waals surface area (Å²) in [6.45, 7) is 21.9. The lowest BCUT2D eigenvalue weighted by Gasteiger charge is -2.27. The lowest BCUT2D eigenvalue weighted by Crippen LogP contribution is -2.10. The van der Waals surface area contributed by atoms with E-state index in [0.29, 0.717) is 0 Å². The van der Waals surface area contributed by atoms with Gasteiger partial charge in [-0.25, -0.2) is 0 Å². The summed E-state index contributed by atoms with van der Waals surface area (Å²) >= 11 is 0. The Hall–Kier alpha value is -6.90. The second kappa shape index (κ2) is 17.6. The molecule has 8 aromatic carbocycles. The van der Waals surface area contributed by atoms with Crippen LogP contribution in [-0.4, -0.2) is 0 Å². The third-order valence-corrected chi connectivity index (χ3v) is 13.1. The Morgan fingerprint density at radius 2 is 0.452 bits per heavy atom. The zero-order chi connectivity index (χ0) is 43.7. The summed E-state index contributed by atoms with van der Waals surface area (Å²) in [5.74, 6) is 0. The predicted octanol–water partition coefficient (Wildman–Crippen LogP) is 17.4. The number of benzene rings is 8. The van der Waals surface area contributed by atoms with Gasteiger partial charge in [-0.1, -0.05) is 97.1 Å². The van der Waals surface area contributed by atoms with E-state index in [9.17, 15) is 0 Å². The summed E-state index contributed by atoms with van der Waals surface area (Å²) in [5.41, 5.74) is 27.1. The minimum Gasteiger partial charge on any atom is -0.310 e. The van der Waals surface area contributed by atoms with Crippen LogP contribution in [-0.2, 0) is 0 Å². The van der Waals surface area contributed by atoms with Gasteiger partial charge in [0.1, 0.15) is 0 Å². The zero-order valence-corrected chi connectivity index (χ0v) is 38.1. The van der Waals surface area contributed by atoms with Gasteiger partial charge in [0.2, 0.25) is 0 Å². The standard InChI is InChI=1S/C60H58N2/c1-39-11-27-57(35-43(39)5)61(58-28-12-40(2)44(6)36-58)55-31-23-53(24-32-55)51-19-15-49(16-20-51)47(9)48(10)50-17-21-52(22-18-50)54-25-33-56(34-26-54)62(59-29-13-41(3)45(7)37-59)60-30-14-42(4)46(8)38-60/h11-38H,1-10H3/b48-47+. The fourth-order valence-corrected chi connectivity index (χ4v) is 8.22. The molecule has 0 aliphatic rings. The summed E-state index contributed by atoms with van der Waals surface area (Å²) in [6, 6.07) is 62.9. The average molecular weight is 807 g/mol. The van der Waals surface area contributed by atoms with Crippen molar-refractivity contribution in [3.63, 3.8) is 0 Å². The van der Waals surface area contributed by atoms with Crippen molar-refractivity contribution in [2.45, 2.75) is 69.2 Å². The second-order valence-electron chi connectivity index (χ2n) is 17.2. The van der Waals surface area contributed by atoms with Crippen LogP contribution in [0.4, 0.5) is 34.1 Å². The van der Waals surface area contributed by atoms with Gasteiger partial charge >= 0.3 is 0 Å². The Morgan fingerprint density at radius 3 is 0.677 bits per heavy atom. The van der Waals surface area contributed by atoms with Gasteiger partial charge in [0.25, 0.3) is 0 Å². The van der Waals surface area contributed by atoms with E-state index in [2.05, 4.69) is 249 Å². The number of aryl methyl sites for hydroxylation is 8. The van der Waals surface area contributed by atoms with E-state index in [4.69, 9.17) is 0 Å². The maximum atomic E-state index is 2.36. The summed E-state index contributed by atoms with van der Waals surface area (Å²) < 4.78 is 0. The van der Waals surface area contributed by atoms with Crippen LogP contribution in [0.3, 0.4) is 0 Å². The molecule has 0 spiro atoms. The molecule has 0 radical (unpaired) electrons. The molecule has 62 heavy (non-hydrogen) atoms. The smallest absolute Gasteiger partial charge is 0.0464 e. The van der Waals surface area contributed by atoms with Crippen molar-refractivity contribution in [1.82, 2.24) is 0 Å². The van der Waals surface area contributed by atoms with E-state index < -0.39 is 0 Å². The average Bonchev–Trinajstić information content (AvgIpc) is 3.29. The Kier molecular flexibility index (Phi) is 11.9. The van der Waals surface area contributed by atoms with Crippen LogP contribution in [0.2, 0.25) is 0 Å². The van der Waals surface area contributed by atoms with Crippen molar-refractivity contribution < 1.29 is 0 Å². The van der Waals surface area contributed by atoms with Crippen LogP contribution in [0.1, 0.15) is 69.5 Å². The van der Waals surface area contributed by atoms with Crippen molar-refractivity contribution in [2.75, 3.05) is 9.80 Å². The Bertz CT molecular complexity index is 2610. The molecule has 2 heteroatoms. The normalized spacial score (nSPS) is 11.6. The Morgan fingerprint density at radius 1 is 0.242 bits per heavy atom. The van der Waals surface area contributed by atoms with Crippen molar-refractivity contribution in [3.8, 4) is 22.3 Å². The lowest BCUT2D eigenvalue weighted by atomic mass is 9.94. The number of hydrogen-bond donors (Lipinski definition) is 0. The first-order valence-electron chi connectivity index (χ1n) is 21.8. The van der Waals surface area contributed by atoms with Crippen molar-refractivity contribution >= 4 is 45.3 Å². The summed E-state index contributed by atoms with van der Waals surface area (Å²) in [7, 11) is 0. The minimum atomic E-state index is 1.14. The first-order valence-corrected chi connectivity index (χ1v) is 21.8. The van der Waals surface area contributed by atoms with Crippen LogP contribution < -0.4 is 9.80 Å². The predicted molar refractivity (Wildman–Crippen MR) is 269 cm³/mol. The molecule has 0 heterocycles. The number of hydrogen-bond acceptors (Lipinski definition) is 2. The van der Waals surface area contributed by atoms with Gasteiger partial charge in [-0.05, 0) is 231 Å². The summed E-state index contributed by atoms with van der Waals surface area (Å²) in [6.07, 6.45) is 0.